The monoisotopic (exact) mass is 366 g/mol. The molecule has 1 heterocycles. The van der Waals surface area contributed by atoms with E-state index < -0.39 is 6.10 Å². The Labute approximate surface area is 158 Å². The summed E-state index contributed by atoms with van der Waals surface area (Å²) < 4.78 is 16.2. The standard InChI is InChI=1S/C21H22N2O4/c1-14-4-9-17(10-5-14)21-23-22-20(27-21)15(2)26-19(24)13-8-16-6-11-18(25-3)12-7-16/h4-7,9-12,15H,8,13H2,1-3H3/t15-/m1/s1. The zero-order chi connectivity index (χ0) is 19.2. The fourth-order valence-corrected chi connectivity index (χ4v) is 2.56. The van der Waals surface area contributed by atoms with E-state index in [9.17, 15) is 4.79 Å². The van der Waals surface area contributed by atoms with Crippen LogP contribution in [0.2, 0.25) is 0 Å². The Kier molecular flexibility index (Phi) is 5.86. The summed E-state index contributed by atoms with van der Waals surface area (Å²) >= 11 is 0. The molecule has 0 saturated carbocycles. The molecule has 0 radical (unpaired) electrons. The summed E-state index contributed by atoms with van der Waals surface area (Å²) in [6.45, 7) is 3.73. The average Bonchev–Trinajstić information content (AvgIpc) is 3.18. The number of ether oxygens (including phenoxy) is 2. The summed E-state index contributed by atoms with van der Waals surface area (Å²) in [4.78, 5) is 12.1. The van der Waals surface area contributed by atoms with Gasteiger partial charge in [0.2, 0.25) is 5.89 Å². The van der Waals surface area contributed by atoms with Crippen LogP contribution in [-0.4, -0.2) is 23.3 Å². The molecule has 0 bridgehead atoms. The predicted molar refractivity (Wildman–Crippen MR) is 100 cm³/mol. The Morgan fingerprint density at radius 1 is 1.07 bits per heavy atom. The highest BCUT2D eigenvalue weighted by molar-refractivity contribution is 5.70. The van der Waals surface area contributed by atoms with Crippen LogP contribution in [0, 0.1) is 6.92 Å². The van der Waals surface area contributed by atoms with E-state index in [2.05, 4.69) is 10.2 Å². The molecule has 27 heavy (non-hydrogen) atoms. The number of carbonyl (C=O) groups excluding carboxylic acids is 1. The quantitative estimate of drug-likeness (QED) is 0.581. The molecule has 2 aromatic carbocycles. The van der Waals surface area contributed by atoms with Crippen LogP contribution in [0.3, 0.4) is 0 Å². The molecule has 0 fully saturated rings. The van der Waals surface area contributed by atoms with Gasteiger partial charge in [0.25, 0.3) is 5.89 Å². The Balaban J connectivity index is 1.54. The molecule has 1 atom stereocenters. The molecular formula is C21H22N2O4. The van der Waals surface area contributed by atoms with Crippen molar-refractivity contribution in [3.63, 3.8) is 0 Å². The summed E-state index contributed by atoms with van der Waals surface area (Å²) in [6, 6.07) is 15.4. The number of aromatic nitrogens is 2. The number of esters is 1. The van der Waals surface area contributed by atoms with Crippen molar-refractivity contribution in [2.45, 2.75) is 32.8 Å². The summed E-state index contributed by atoms with van der Waals surface area (Å²) in [5.74, 6) is 1.17. The van der Waals surface area contributed by atoms with Gasteiger partial charge in [0.05, 0.1) is 7.11 Å². The van der Waals surface area contributed by atoms with Crippen molar-refractivity contribution < 1.29 is 18.7 Å². The van der Waals surface area contributed by atoms with E-state index in [0.29, 0.717) is 12.3 Å². The fraction of sp³-hybridized carbons (Fsp3) is 0.286. The molecule has 0 saturated heterocycles. The zero-order valence-electron chi connectivity index (χ0n) is 15.6. The average molecular weight is 366 g/mol. The first-order chi connectivity index (χ1) is 13.0. The van der Waals surface area contributed by atoms with Crippen LogP contribution in [0.5, 0.6) is 5.75 Å². The number of methoxy groups -OCH3 is 1. The van der Waals surface area contributed by atoms with E-state index in [1.54, 1.807) is 14.0 Å². The van der Waals surface area contributed by atoms with Crippen LogP contribution < -0.4 is 4.74 Å². The van der Waals surface area contributed by atoms with Crippen LogP contribution in [0.15, 0.2) is 52.9 Å². The van der Waals surface area contributed by atoms with E-state index in [1.807, 2.05) is 55.5 Å². The molecular weight excluding hydrogens is 344 g/mol. The molecule has 3 aromatic rings. The minimum Gasteiger partial charge on any atom is -0.497 e. The number of carbonyl (C=O) groups is 1. The second-order valence-corrected chi connectivity index (χ2v) is 6.29. The van der Waals surface area contributed by atoms with Crippen molar-refractivity contribution in [2.24, 2.45) is 0 Å². The highest BCUT2D eigenvalue weighted by Crippen LogP contribution is 2.23. The molecule has 0 amide bonds. The third-order valence-electron chi connectivity index (χ3n) is 4.17. The lowest BCUT2D eigenvalue weighted by Crippen LogP contribution is -2.10. The van der Waals surface area contributed by atoms with E-state index in [1.165, 1.54) is 0 Å². The lowest BCUT2D eigenvalue weighted by atomic mass is 10.1. The molecule has 6 heteroatoms. The first-order valence-corrected chi connectivity index (χ1v) is 8.78. The van der Waals surface area contributed by atoms with Crippen molar-refractivity contribution in [1.29, 1.82) is 0 Å². The number of rotatable bonds is 7. The highest BCUT2D eigenvalue weighted by atomic mass is 16.6. The van der Waals surface area contributed by atoms with Gasteiger partial charge in [-0.15, -0.1) is 10.2 Å². The van der Waals surface area contributed by atoms with Crippen molar-refractivity contribution in [3.05, 3.63) is 65.5 Å². The van der Waals surface area contributed by atoms with Crippen molar-refractivity contribution in [2.75, 3.05) is 7.11 Å². The molecule has 0 aliphatic carbocycles. The van der Waals surface area contributed by atoms with Gasteiger partial charge < -0.3 is 13.9 Å². The van der Waals surface area contributed by atoms with Gasteiger partial charge in [-0.05, 0) is 50.1 Å². The SMILES string of the molecule is COc1ccc(CCC(=O)O[C@H](C)c2nnc(-c3ccc(C)cc3)o2)cc1. The second-order valence-electron chi connectivity index (χ2n) is 6.29. The van der Waals surface area contributed by atoms with E-state index in [4.69, 9.17) is 13.9 Å². The molecule has 0 aliphatic rings. The summed E-state index contributed by atoms with van der Waals surface area (Å²) in [5.41, 5.74) is 3.02. The number of nitrogens with zero attached hydrogens (tertiary/aromatic N) is 2. The second kappa shape index (κ2) is 8.49. The van der Waals surface area contributed by atoms with Crippen LogP contribution in [0.4, 0.5) is 0 Å². The molecule has 0 unspecified atom stereocenters. The van der Waals surface area contributed by atoms with Crippen molar-refractivity contribution >= 4 is 5.97 Å². The maximum absolute atomic E-state index is 12.1. The smallest absolute Gasteiger partial charge is 0.306 e. The minimum atomic E-state index is -0.597. The highest BCUT2D eigenvalue weighted by Gasteiger charge is 2.19. The topological polar surface area (TPSA) is 74.5 Å². The van der Waals surface area contributed by atoms with Gasteiger partial charge in [0.15, 0.2) is 6.10 Å². The number of hydrogen-bond donors (Lipinski definition) is 0. The van der Waals surface area contributed by atoms with Crippen LogP contribution >= 0.6 is 0 Å². The maximum Gasteiger partial charge on any atom is 0.306 e. The summed E-state index contributed by atoms with van der Waals surface area (Å²) in [5, 5.41) is 8.03. The molecule has 3 rings (SSSR count). The van der Waals surface area contributed by atoms with Gasteiger partial charge in [-0.2, -0.15) is 0 Å². The summed E-state index contributed by atoms with van der Waals surface area (Å²) in [6.07, 6.45) is 0.268. The van der Waals surface area contributed by atoms with Crippen molar-refractivity contribution in [1.82, 2.24) is 10.2 Å². The van der Waals surface area contributed by atoms with Crippen molar-refractivity contribution in [3.8, 4) is 17.2 Å². The fourth-order valence-electron chi connectivity index (χ4n) is 2.56. The zero-order valence-corrected chi connectivity index (χ0v) is 15.6. The third-order valence-corrected chi connectivity index (χ3v) is 4.17. The van der Waals surface area contributed by atoms with Crippen LogP contribution in [0.1, 0.15) is 36.5 Å². The normalized spacial score (nSPS) is 11.8. The third kappa shape index (κ3) is 4.94. The lowest BCUT2D eigenvalue weighted by Gasteiger charge is -2.09. The lowest BCUT2D eigenvalue weighted by molar-refractivity contribution is -0.149. The largest absolute Gasteiger partial charge is 0.497 e. The Hall–Kier alpha value is -3.15. The minimum absolute atomic E-state index is 0.273. The van der Waals surface area contributed by atoms with E-state index in [-0.39, 0.29) is 18.3 Å². The first kappa shape index (κ1) is 18.6. The van der Waals surface area contributed by atoms with Gasteiger partial charge in [-0.25, -0.2) is 0 Å². The molecule has 0 spiro atoms. The number of hydrogen-bond acceptors (Lipinski definition) is 6. The predicted octanol–water partition coefficient (Wildman–Crippen LogP) is 4.29. The number of aryl methyl sites for hydroxylation is 2. The molecule has 0 aliphatic heterocycles. The van der Waals surface area contributed by atoms with Gasteiger partial charge >= 0.3 is 5.97 Å². The van der Waals surface area contributed by atoms with Gasteiger partial charge in [0, 0.05) is 12.0 Å². The van der Waals surface area contributed by atoms with E-state index >= 15 is 0 Å². The Morgan fingerprint density at radius 3 is 2.44 bits per heavy atom. The van der Waals surface area contributed by atoms with Crippen LogP contribution in [-0.2, 0) is 16.0 Å². The molecule has 140 valence electrons. The molecule has 1 aromatic heterocycles. The first-order valence-electron chi connectivity index (χ1n) is 8.78. The maximum atomic E-state index is 12.1. The summed E-state index contributed by atoms with van der Waals surface area (Å²) in [7, 11) is 1.62. The van der Waals surface area contributed by atoms with E-state index in [0.717, 1.165) is 22.4 Å². The Morgan fingerprint density at radius 2 is 1.78 bits per heavy atom. The van der Waals surface area contributed by atoms with Crippen LogP contribution in [0.25, 0.3) is 11.5 Å². The van der Waals surface area contributed by atoms with Gasteiger partial charge in [-0.3, -0.25) is 4.79 Å². The Bertz CT molecular complexity index is 885. The number of benzene rings is 2. The molecule has 0 N–H and O–H groups in total. The molecule has 6 nitrogen and oxygen atoms in total. The van der Waals surface area contributed by atoms with Gasteiger partial charge in [-0.1, -0.05) is 29.8 Å². The van der Waals surface area contributed by atoms with Gasteiger partial charge in [0.1, 0.15) is 5.75 Å².